The number of carbonyl (C=O) groups excluding carboxylic acids is 2. The molecule has 3 aromatic rings. The van der Waals surface area contributed by atoms with Crippen molar-refractivity contribution in [3.05, 3.63) is 58.9 Å². The van der Waals surface area contributed by atoms with E-state index >= 15 is 0 Å². The minimum absolute atomic E-state index is 0.00815. The van der Waals surface area contributed by atoms with Crippen LogP contribution < -0.4 is 5.73 Å². The predicted molar refractivity (Wildman–Crippen MR) is 138 cm³/mol. The molecule has 0 spiro atoms. The van der Waals surface area contributed by atoms with Gasteiger partial charge in [0.25, 0.3) is 0 Å². The van der Waals surface area contributed by atoms with Gasteiger partial charge >= 0.3 is 0 Å². The van der Waals surface area contributed by atoms with Gasteiger partial charge in [0.2, 0.25) is 11.8 Å². The van der Waals surface area contributed by atoms with Crippen molar-refractivity contribution >= 4 is 34.4 Å². The Balaban J connectivity index is 1.84. The molecule has 184 valence electrons. The number of pyridine rings is 1. The van der Waals surface area contributed by atoms with Gasteiger partial charge in [0.1, 0.15) is 5.82 Å². The molecule has 1 atom stereocenters. The van der Waals surface area contributed by atoms with Gasteiger partial charge < -0.3 is 20.1 Å². The van der Waals surface area contributed by atoms with Crippen LogP contribution in [0.2, 0.25) is 5.02 Å². The molecule has 1 unspecified atom stereocenters. The van der Waals surface area contributed by atoms with Gasteiger partial charge in [0, 0.05) is 37.6 Å². The Hall–Kier alpha value is -3.23. The summed E-state index contributed by atoms with van der Waals surface area (Å²) >= 11 is 6.70. The Bertz CT molecular complexity index is 1280. The number of likely N-dealkylation sites (N-methyl/N-ethyl adjacent to an activating group) is 1. The van der Waals surface area contributed by atoms with Gasteiger partial charge in [0.15, 0.2) is 0 Å². The highest BCUT2D eigenvalue weighted by Gasteiger charge is 2.29. The molecule has 0 aliphatic carbocycles. The van der Waals surface area contributed by atoms with Crippen LogP contribution in [-0.4, -0.2) is 69.9 Å². The Labute approximate surface area is 210 Å². The number of aromatic nitrogens is 3. The lowest BCUT2D eigenvalue weighted by molar-refractivity contribution is -0.126. The first-order valence-corrected chi connectivity index (χ1v) is 12.2. The summed E-state index contributed by atoms with van der Waals surface area (Å²) in [6.45, 7) is 3.74. The zero-order valence-electron chi connectivity index (χ0n) is 20.4. The van der Waals surface area contributed by atoms with Crippen molar-refractivity contribution in [3.8, 4) is 11.4 Å². The van der Waals surface area contributed by atoms with Crippen molar-refractivity contribution in [1.29, 1.82) is 0 Å². The van der Waals surface area contributed by atoms with Gasteiger partial charge in [-0.05, 0) is 58.5 Å². The summed E-state index contributed by atoms with van der Waals surface area (Å²) in [7, 11) is 3.93. The van der Waals surface area contributed by atoms with E-state index in [4.69, 9.17) is 22.3 Å². The van der Waals surface area contributed by atoms with Crippen LogP contribution in [0, 0.1) is 6.92 Å². The van der Waals surface area contributed by atoms with Crippen molar-refractivity contribution in [2.45, 2.75) is 32.2 Å². The topological polar surface area (TPSA) is 97.4 Å². The first kappa shape index (κ1) is 24.9. The van der Waals surface area contributed by atoms with Crippen LogP contribution in [0.1, 0.15) is 41.4 Å². The first-order chi connectivity index (χ1) is 16.8. The standard InChI is InChI=1S/C26H31ClN6O2/c1-17-23(19(25(28)35)12-13-29-17)26-30-21-10-6-9-20(27)24(21)33(26)18-8-4-5-15-32(16-18)22(34)11-7-14-31(2)3/h6-7,9-13,18H,4-5,8,14-16H2,1-3H3,(H2,28,35). The molecule has 0 radical (unpaired) electrons. The van der Waals surface area contributed by atoms with E-state index in [1.807, 2.05) is 55.1 Å². The Morgan fingerprint density at radius 1 is 1.26 bits per heavy atom. The van der Waals surface area contributed by atoms with E-state index in [9.17, 15) is 9.59 Å². The van der Waals surface area contributed by atoms with Crippen molar-refractivity contribution in [2.75, 3.05) is 33.7 Å². The number of carbonyl (C=O) groups is 2. The largest absolute Gasteiger partial charge is 0.366 e. The van der Waals surface area contributed by atoms with Crippen LogP contribution in [-0.2, 0) is 4.79 Å². The number of halogens is 1. The average molecular weight is 495 g/mol. The predicted octanol–water partition coefficient (Wildman–Crippen LogP) is 3.83. The number of rotatable bonds is 6. The second-order valence-corrected chi connectivity index (χ2v) is 9.60. The molecule has 8 nitrogen and oxygen atoms in total. The highest BCUT2D eigenvalue weighted by molar-refractivity contribution is 6.35. The lowest BCUT2D eigenvalue weighted by Crippen LogP contribution is -2.34. The van der Waals surface area contributed by atoms with E-state index in [1.54, 1.807) is 18.3 Å². The van der Waals surface area contributed by atoms with Gasteiger partial charge in [-0.1, -0.05) is 23.7 Å². The Kier molecular flexibility index (Phi) is 7.52. The van der Waals surface area contributed by atoms with Crippen LogP contribution in [0.25, 0.3) is 22.4 Å². The van der Waals surface area contributed by atoms with Crippen LogP contribution in [0.5, 0.6) is 0 Å². The quantitative estimate of drug-likeness (QED) is 0.525. The average Bonchev–Trinajstić information content (AvgIpc) is 3.02. The summed E-state index contributed by atoms with van der Waals surface area (Å²) < 4.78 is 2.09. The Morgan fingerprint density at radius 3 is 2.80 bits per heavy atom. The highest BCUT2D eigenvalue weighted by atomic mass is 35.5. The maximum absolute atomic E-state index is 13.0. The summed E-state index contributed by atoms with van der Waals surface area (Å²) in [5.41, 5.74) is 8.85. The van der Waals surface area contributed by atoms with E-state index in [1.165, 1.54) is 0 Å². The minimum Gasteiger partial charge on any atom is -0.366 e. The summed E-state index contributed by atoms with van der Waals surface area (Å²) in [6.07, 6.45) is 7.82. The maximum Gasteiger partial charge on any atom is 0.249 e. The minimum atomic E-state index is -0.543. The number of hydrogen-bond acceptors (Lipinski definition) is 5. The molecule has 1 fully saturated rings. The van der Waals surface area contributed by atoms with Crippen molar-refractivity contribution in [3.63, 3.8) is 0 Å². The molecular weight excluding hydrogens is 464 g/mol. The number of primary amides is 1. The fraction of sp³-hybridized carbons (Fsp3) is 0.385. The summed E-state index contributed by atoms with van der Waals surface area (Å²) in [4.78, 5) is 38.6. The number of imidazole rings is 1. The molecule has 3 heterocycles. The number of likely N-dealkylation sites (tertiary alicyclic amines) is 1. The molecule has 1 saturated heterocycles. The Morgan fingerprint density at radius 2 is 2.06 bits per heavy atom. The molecular formula is C26H31ClN6O2. The molecule has 2 aromatic heterocycles. The van der Waals surface area contributed by atoms with Crippen molar-refractivity contribution in [2.24, 2.45) is 5.73 Å². The zero-order chi connectivity index (χ0) is 25.1. The molecule has 1 aliphatic heterocycles. The van der Waals surface area contributed by atoms with Gasteiger partial charge in [-0.15, -0.1) is 0 Å². The van der Waals surface area contributed by atoms with Crippen LogP contribution in [0.3, 0.4) is 0 Å². The molecule has 35 heavy (non-hydrogen) atoms. The van der Waals surface area contributed by atoms with E-state index in [-0.39, 0.29) is 11.9 Å². The number of nitrogens with two attached hydrogens (primary N) is 1. The van der Waals surface area contributed by atoms with Gasteiger partial charge in [-0.2, -0.15) is 0 Å². The summed E-state index contributed by atoms with van der Waals surface area (Å²) in [6, 6.07) is 7.13. The van der Waals surface area contributed by atoms with E-state index in [0.717, 1.165) is 30.3 Å². The number of benzene rings is 1. The monoisotopic (exact) mass is 494 g/mol. The van der Waals surface area contributed by atoms with Gasteiger partial charge in [0.05, 0.1) is 33.2 Å². The van der Waals surface area contributed by atoms with Crippen LogP contribution >= 0.6 is 11.6 Å². The second kappa shape index (κ2) is 10.6. The smallest absolute Gasteiger partial charge is 0.249 e. The fourth-order valence-electron chi connectivity index (χ4n) is 4.69. The fourth-order valence-corrected chi connectivity index (χ4v) is 4.95. The van der Waals surface area contributed by atoms with E-state index in [0.29, 0.717) is 47.3 Å². The molecule has 0 bridgehead atoms. The first-order valence-electron chi connectivity index (χ1n) is 11.8. The SMILES string of the molecule is Cc1nccc(C(N)=O)c1-c1nc2cccc(Cl)c2n1C1CCCCN(C(=O)C=CCN(C)C)C1. The summed E-state index contributed by atoms with van der Waals surface area (Å²) in [5, 5.41) is 0.566. The van der Waals surface area contributed by atoms with Crippen LogP contribution in [0.4, 0.5) is 0 Å². The van der Waals surface area contributed by atoms with Gasteiger partial charge in [-0.25, -0.2) is 4.98 Å². The van der Waals surface area contributed by atoms with E-state index < -0.39 is 5.91 Å². The third-order valence-corrected chi connectivity index (χ3v) is 6.65. The lowest BCUT2D eigenvalue weighted by atomic mass is 10.0. The van der Waals surface area contributed by atoms with Gasteiger partial charge in [-0.3, -0.25) is 14.6 Å². The molecule has 2 amide bonds. The number of amides is 2. The third kappa shape index (κ3) is 5.23. The maximum atomic E-state index is 13.0. The number of fused-ring (bicyclic) bond motifs is 1. The number of nitrogens with zero attached hydrogens (tertiary/aromatic N) is 5. The molecule has 4 rings (SSSR count). The summed E-state index contributed by atoms with van der Waals surface area (Å²) in [5.74, 6) is 0.0417. The third-order valence-electron chi connectivity index (χ3n) is 6.34. The molecule has 9 heteroatoms. The normalized spacial score (nSPS) is 16.8. The number of hydrogen-bond donors (Lipinski definition) is 1. The second-order valence-electron chi connectivity index (χ2n) is 9.19. The zero-order valence-corrected chi connectivity index (χ0v) is 21.1. The van der Waals surface area contributed by atoms with Crippen LogP contribution in [0.15, 0.2) is 42.6 Å². The molecule has 2 N–H and O–H groups in total. The van der Waals surface area contributed by atoms with Crippen molar-refractivity contribution < 1.29 is 9.59 Å². The number of aryl methyl sites for hydroxylation is 1. The van der Waals surface area contributed by atoms with Crippen molar-refractivity contribution in [1.82, 2.24) is 24.3 Å². The molecule has 1 aliphatic rings. The lowest BCUT2D eigenvalue weighted by Gasteiger charge is -2.27. The highest BCUT2D eigenvalue weighted by Crippen LogP contribution is 2.37. The molecule has 0 saturated carbocycles. The van der Waals surface area contributed by atoms with E-state index in [2.05, 4.69) is 9.55 Å². The molecule has 1 aromatic carbocycles. The number of para-hydroxylation sites is 1.